The third-order valence-corrected chi connectivity index (χ3v) is 6.04. The first kappa shape index (κ1) is 24.9. The number of para-hydroxylation sites is 1. The van der Waals surface area contributed by atoms with Crippen molar-refractivity contribution < 1.29 is 28.5 Å². The molecule has 0 fully saturated rings. The number of rotatable bonds is 8. The lowest BCUT2D eigenvalue weighted by molar-refractivity contribution is -0.138. The van der Waals surface area contributed by atoms with Crippen molar-refractivity contribution in [3.05, 3.63) is 77.4 Å². The summed E-state index contributed by atoms with van der Waals surface area (Å²) < 4.78 is 22.1. The summed E-state index contributed by atoms with van der Waals surface area (Å²) in [5.74, 6) is 2.27. The molecule has 1 N–H and O–H groups in total. The Morgan fingerprint density at radius 1 is 1.03 bits per heavy atom. The minimum absolute atomic E-state index is 0.138. The van der Waals surface area contributed by atoms with Gasteiger partial charge in [-0.05, 0) is 48.9 Å². The van der Waals surface area contributed by atoms with Gasteiger partial charge in [0.2, 0.25) is 5.91 Å². The molecule has 0 saturated carbocycles. The summed E-state index contributed by atoms with van der Waals surface area (Å²) >= 11 is 0. The number of amides is 2. The number of nitrogens with one attached hydrogen (secondary N) is 1. The first-order valence-corrected chi connectivity index (χ1v) is 11.6. The van der Waals surface area contributed by atoms with E-state index in [-0.39, 0.29) is 18.2 Å². The Labute approximate surface area is 210 Å². The van der Waals surface area contributed by atoms with Crippen LogP contribution in [0, 0.1) is 0 Å². The molecule has 8 heteroatoms. The van der Waals surface area contributed by atoms with Crippen LogP contribution in [0.15, 0.2) is 60.7 Å². The van der Waals surface area contributed by atoms with Crippen LogP contribution in [0.5, 0.6) is 23.0 Å². The lowest BCUT2D eigenvalue weighted by Crippen LogP contribution is -2.37. The lowest BCUT2D eigenvalue weighted by Gasteiger charge is -2.24. The van der Waals surface area contributed by atoms with Gasteiger partial charge in [0.1, 0.15) is 11.5 Å². The Morgan fingerprint density at radius 2 is 1.81 bits per heavy atom. The molecule has 0 bridgehead atoms. The first-order valence-electron chi connectivity index (χ1n) is 11.6. The number of fused-ring (bicyclic) bond motifs is 1. The molecule has 188 valence electrons. The molecule has 0 radical (unpaired) electrons. The van der Waals surface area contributed by atoms with Gasteiger partial charge in [0.15, 0.2) is 17.6 Å². The van der Waals surface area contributed by atoms with Gasteiger partial charge < -0.3 is 29.2 Å². The highest BCUT2D eigenvalue weighted by molar-refractivity contribution is 5.92. The lowest BCUT2D eigenvalue weighted by atomic mass is 10.1. The maximum absolute atomic E-state index is 13.1. The van der Waals surface area contributed by atoms with Crippen LogP contribution in [0.25, 0.3) is 0 Å². The van der Waals surface area contributed by atoms with E-state index in [1.165, 1.54) is 0 Å². The van der Waals surface area contributed by atoms with E-state index in [9.17, 15) is 9.59 Å². The minimum atomic E-state index is -0.654. The Balaban J connectivity index is 1.52. The fraction of sp³-hybridized carbons (Fsp3) is 0.286. The predicted octanol–water partition coefficient (Wildman–Crippen LogP) is 4.20. The van der Waals surface area contributed by atoms with Crippen LogP contribution >= 0.6 is 0 Å². The second-order valence-electron chi connectivity index (χ2n) is 8.50. The maximum Gasteiger partial charge on any atom is 0.263 e. The molecule has 0 saturated heterocycles. The van der Waals surface area contributed by atoms with E-state index in [1.807, 2.05) is 48.5 Å². The zero-order chi connectivity index (χ0) is 25.7. The summed E-state index contributed by atoms with van der Waals surface area (Å²) in [5.41, 5.74) is 3.14. The van der Waals surface area contributed by atoms with E-state index in [0.29, 0.717) is 36.0 Å². The molecule has 8 nitrogen and oxygen atoms in total. The second kappa shape index (κ2) is 11.0. The molecule has 0 unspecified atom stereocenters. The smallest absolute Gasteiger partial charge is 0.263 e. The van der Waals surface area contributed by atoms with Crippen LogP contribution in [0.1, 0.15) is 23.6 Å². The maximum atomic E-state index is 13.1. The number of carbonyl (C=O) groups excluding carboxylic acids is 2. The predicted molar refractivity (Wildman–Crippen MR) is 136 cm³/mol. The molecular formula is C28H30N2O6. The van der Waals surface area contributed by atoms with Crippen molar-refractivity contribution in [2.75, 3.05) is 26.6 Å². The highest BCUT2D eigenvalue weighted by atomic mass is 16.5. The standard InChI is InChI=1S/C28H30N2O6/c1-18-28(32)30(16-20-6-5-7-25(34-3)27(20)35-4)17-21-15-22(10-13-24(21)36-18)29-26(31)14-19-8-11-23(33-2)12-9-19/h5-13,15,18H,14,16-17H2,1-4H3,(H,29,31)/t18-/m0/s1. The normalized spacial score (nSPS) is 14.8. The molecule has 0 aliphatic carbocycles. The molecule has 36 heavy (non-hydrogen) atoms. The van der Waals surface area contributed by atoms with Crippen molar-refractivity contribution in [1.82, 2.24) is 4.90 Å². The van der Waals surface area contributed by atoms with Crippen molar-refractivity contribution in [1.29, 1.82) is 0 Å². The van der Waals surface area contributed by atoms with E-state index in [4.69, 9.17) is 18.9 Å². The third-order valence-electron chi connectivity index (χ3n) is 6.04. The minimum Gasteiger partial charge on any atom is -0.497 e. The van der Waals surface area contributed by atoms with E-state index < -0.39 is 6.10 Å². The van der Waals surface area contributed by atoms with E-state index in [0.717, 1.165) is 22.4 Å². The van der Waals surface area contributed by atoms with Crippen LogP contribution in [-0.4, -0.2) is 44.1 Å². The zero-order valence-electron chi connectivity index (χ0n) is 20.9. The summed E-state index contributed by atoms with van der Waals surface area (Å²) in [5, 5.41) is 2.94. The average molecular weight is 491 g/mol. The molecule has 1 atom stereocenters. The van der Waals surface area contributed by atoms with Gasteiger partial charge in [0, 0.05) is 29.9 Å². The van der Waals surface area contributed by atoms with E-state index in [1.54, 1.807) is 45.3 Å². The summed E-state index contributed by atoms with van der Waals surface area (Å²) in [6.45, 7) is 2.37. The van der Waals surface area contributed by atoms with Crippen LogP contribution in [-0.2, 0) is 29.1 Å². The molecular weight excluding hydrogens is 460 g/mol. The topological polar surface area (TPSA) is 86.3 Å². The Kier molecular flexibility index (Phi) is 7.63. The second-order valence-corrected chi connectivity index (χ2v) is 8.50. The van der Waals surface area contributed by atoms with Gasteiger partial charge in [0.25, 0.3) is 5.91 Å². The molecule has 0 spiro atoms. The van der Waals surface area contributed by atoms with Crippen molar-refractivity contribution in [3.63, 3.8) is 0 Å². The van der Waals surface area contributed by atoms with Gasteiger partial charge in [-0.2, -0.15) is 0 Å². The molecule has 4 rings (SSSR count). The van der Waals surface area contributed by atoms with Gasteiger partial charge in [-0.15, -0.1) is 0 Å². The average Bonchev–Trinajstić information content (AvgIpc) is 3.00. The molecule has 1 aliphatic rings. The van der Waals surface area contributed by atoms with Gasteiger partial charge in [-0.25, -0.2) is 0 Å². The van der Waals surface area contributed by atoms with Crippen LogP contribution in [0.4, 0.5) is 5.69 Å². The number of ether oxygens (including phenoxy) is 4. The van der Waals surface area contributed by atoms with Gasteiger partial charge >= 0.3 is 0 Å². The van der Waals surface area contributed by atoms with Crippen molar-refractivity contribution in [2.45, 2.75) is 32.5 Å². The molecule has 2 amide bonds. The molecule has 0 aromatic heterocycles. The Morgan fingerprint density at radius 3 is 2.50 bits per heavy atom. The number of benzene rings is 3. The third kappa shape index (κ3) is 5.54. The van der Waals surface area contributed by atoms with Gasteiger partial charge in [-0.3, -0.25) is 9.59 Å². The summed E-state index contributed by atoms with van der Waals surface area (Å²) in [4.78, 5) is 27.5. The zero-order valence-corrected chi connectivity index (χ0v) is 20.9. The molecule has 3 aromatic carbocycles. The van der Waals surface area contributed by atoms with Gasteiger partial charge in [-0.1, -0.05) is 24.3 Å². The van der Waals surface area contributed by atoms with E-state index >= 15 is 0 Å². The number of methoxy groups -OCH3 is 3. The molecule has 3 aromatic rings. The Bertz CT molecular complexity index is 1240. The Hall–Kier alpha value is -4.20. The first-order chi connectivity index (χ1) is 17.4. The summed E-state index contributed by atoms with van der Waals surface area (Å²) in [7, 11) is 4.76. The monoisotopic (exact) mass is 490 g/mol. The highest BCUT2D eigenvalue weighted by Crippen LogP contribution is 2.34. The van der Waals surface area contributed by atoms with Gasteiger partial charge in [0.05, 0.1) is 27.8 Å². The summed E-state index contributed by atoms with van der Waals surface area (Å²) in [6, 6.07) is 18.4. The summed E-state index contributed by atoms with van der Waals surface area (Å²) in [6.07, 6.45) is -0.423. The fourth-order valence-corrected chi connectivity index (χ4v) is 4.23. The van der Waals surface area contributed by atoms with Crippen molar-refractivity contribution in [2.24, 2.45) is 0 Å². The quantitative estimate of drug-likeness (QED) is 0.509. The largest absolute Gasteiger partial charge is 0.497 e. The van der Waals surface area contributed by atoms with Crippen LogP contribution in [0.2, 0.25) is 0 Å². The fourth-order valence-electron chi connectivity index (χ4n) is 4.23. The number of anilines is 1. The van der Waals surface area contributed by atoms with Crippen molar-refractivity contribution >= 4 is 17.5 Å². The van der Waals surface area contributed by atoms with E-state index in [2.05, 4.69) is 5.32 Å². The number of carbonyl (C=O) groups is 2. The number of hydrogen-bond acceptors (Lipinski definition) is 6. The highest BCUT2D eigenvalue weighted by Gasteiger charge is 2.29. The van der Waals surface area contributed by atoms with Crippen LogP contribution in [0.3, 0.4) is 0 Å². The molecule has 1 heterocycles. The molecule has 1 aliphatic heterocycles. The number of nitrogens with zero attached hydrogens (tertiary/aromatic N) is 1. The SMILES string of the molecule is COc1ccc(CC(=O)Nc2ccc3c(c2)CN(Cc2cccc(OC)c2OC)C(=O)[C@H](C)O3)cc1. The number of hydrogen-bond donors (Lipinski definition) is 1. The van der Waals surface area contributed by atoms with Crippen LogP contribution < -0.4 is 24.3 Å². The van der Waals surface area contributed by atoms with Crippen molar-refractivity contribution in [3.8, 4) is 23.0 Å².